The largest absolute Gasteiger partial charge is 0.463 e. The normalized spacial score (nSPS) is 17.4. The highest BCUT2D eigenvalue weighted by molar-refractivity contribution is 5.75. The number of rotatable bonds is 7. The number of anilines is 2. The zero-order valence-electron chi connectivity index (χ0n) is 20.1. The number of hydrogen-bond donors (Lipinski definition) is 1. The smallest absolute Gasteiger partial charge is 0.416 e. The summed E-state index contributed by atoms with van der Waals surface area (Å²) in [6, 6.07) is 21.9. The van der Waals surface area contributed by atoms with Crippen LogP contribution in [0.25, 0.3) is 0 Å². The van der Waals surface area contributed by atoms with Gasteiger partial charge in [-0.3, -0.25) is 0 Å². The van der Waals surface area contributed by atoms with Crippen molar-refractivity contribution in [1.29, 1.82) is 0 Å². The molecular formula is C28H30F3N3O. The molecule has 0 spiro atoms. The molecule has 0 fully saturated rings. The third-order valence-corrected chi connectivity index (χ3v) is 6.85. The molecule has 0 aromatic heterocycles. The molecule has 3 aromatic carbocycles. The molecule has 4 rings (SSSR count). The van der Waals surface area contributed by atoms with Gasteiger partial charge >= 0.3 is 6.18 Å². The Kier molecular flexibility index (Phi) is 6.79. The zero-order valence-corrected chi connectivity index (χ0v) is 20.1. The van der Waals surface area contributed by atoms with Crippen molar-refractivity contribution >= 4 is 17.4 Å². The predicted octanol–water partition coefficient (Wildman–Crippen LogP) is 6.62. The van der Waals surface area contributed by atoms with E-state index in [0.717, 1.165) is 22.9 Å². The fourth-order valence-electron chi connectivity index (χ4n) is 4.71. The van der Waals surface area contributed by atoms with E-state index in [9.17, 15) is 13.2 Å². The molecule has 2 atom stereocenters. The van der Waals surface area contributed by atoms with Gasteiger partial charge in [0, 0.05) is 11.4 Å². The van der Waals surface area contributed by atoms with E-state index in [1.165, 1.54) is 6.07 Å². The highest BCUT2D eigenvalue weighted by Crippen LogP contribution is 2.44. The van der Waals surface area contributed by atoms with Gasteiger partial charge in [0.1, 0.15) is 12.6 Å². The molecule has 0 amide bonds. The fourth-order valence-corrected chi connectivity index (χ4v) is 4.71. The summed E-state index contributed by atoms with van der Waals surface area (Å²) in [5, 5.41) is 0. The molecule has 7 heteroatoms. The van der Waals surface area contributed by atoms with Crippen molar-refractivity contribution in [1.82, 2.24) is 0 Å². The summed E-state index contributed by atoms with van der Waals surface area (Å²) < 4.78 is 45.9. The molecule has 2 unspecified atom stereocenters. The number of aliphatic imine (C=N–C) groups is 1. The summed E-state index contributed by atoms with van der Waals surface area (Å²) in [5.74, 6) is 0. The van der Waals surface area contributed by atoms with Gasteiger partial charge in [0.2, 0.25) is 0 Å². The summed E-state index contributed by atoms with van der Waals surface area (Å²) in [5.41, 5.74) is 8.95. The van der Waals surface area contributed by atoms with Crippen molar-refractivity contribution in [3.8, 4) is 0 Å². The fraction of sp³-hybridized carbons (Fsp3) is 0.321. The van der Waals surface area contributed by atoms with E-state index in [1.54, 1.807) is 13.0 Å². The van der Waals surface area contributed by atoms with Crippen molar-refractivity contribution in [3.63, 3.8) is 0 Å². The van der Waals surface area contributed by atoms with Crippen LogP contribution in [-0.2, 0) is 17.3 Å². The number of alkyl halides is 3. The number of hydrogen-bond acceptors (Lipinski definition) is 4. The highest BCUT2D eigenvalue weighted by atomic mass is 19.4. The first-order valence-electron chi connectivity index (χ1n) is 11.7. The quantitative estimate of drug-likeness (QED) is 0.412. The summed E-state index contributed by atoms with van der Waals surface area (Å²) in [7, 11) is 0. The summed E-state index contributed by atoms with van der Waals surface area (Å²) in [4.78, 5) is 6.69. The molecular weight excluding hydrogens is 451 g/mol. The number of nitrogens with two attached hydrogens (primary N) is 1. The van der Waals surface area contributed by atoms with Gasteiger partial charge in [-0.05, 0) is 67.6 Å². The Labute approximate surface area is 204 Å². The van der Waals surface area contributed by atoms with Crippen LogP contribution in [0.4, 0.5) is 24.5 Å². The molecule has 1 aliphatic heterocycles. The van der Waals surface area contributed by atoms with Crippen LogP contribution in [0.15, 0.2) is 77.8 Å². The van der Waals surface area contributed by atoms with Crippen LogP contribution in [0.5, 0.6) is 0 Å². The highest BCUT2D eigenvalue weighted by Gasteiger charge is 2.44. The minimum Gasteiger partial charge on any atom is -0.463 e. The van der Waals surface area contributed by atoms with Crippen LogP contribution in [-0.4, -0.2) is 24.2 Å². The maximum Gasteiger partial charge on any atom is 0.416 e. The number of nitrogens with zero attached hydrogens (tertiary/aromatic N) is 2. The Bertz CT molecular complexity index is 1210. The van der Waals surface area contributed by atoms with Gasteiger partial charge in [0.25, 0.3) is 6.02 Å². The Morgan fingerprint density at radius 2 is 1.69 bits per heavy atom. The standard InChI is InChI=1S/C28H30F3N3O/c1-4-27(3,25-18-35-26(32)33-25)34(23-15-14-22(16-19(23)2)28(29,30)31)24-13-9-8-12-21(24)17-20-10-6-5-7-11-20/h5-16,25H,4,17-18H2,1-3H3,(H2,32,33). The van der Waals surface area contributed by atoms with Crippen molar-refractivity contribution in [2.75, 3.05) is 11.5 Å². The maximum absolute atomic E-state index is 13.5. The van der Waals surface area contributed by atoms with Crippen molar-refractivity contribution < 1.29 is 17.9 Å². The minimum atomic E-state index is -4.41. The molecule has 1 aliphatic rings. The summed E-state index contributed by atoms with van der Waals surface area (Å²) in [6.45, 7) is 6.15. The average Bonchev–Trinajstić information content (AvgIpc) is 3.28. The second-order valence-corrected chi connectivity index (χ2v) is 9.13. The van der Waals surface area contributed by atoms with E-state index in [4.69, 9.17) is 10.5 Å². The lowest BCUT2D eigenvalue weighted by molar-refractivity contribution is -0.137. The molecule has 3 aromatic rings. The van der Waals surface area contributed by atoms with E-state index >= 15 is 0 Å². The second-order valence-electron chi connectivity index (χ2n) is 9.13. The second kappa shape index (κ2) is 9.64. The molecule has 2 N–H and O–H groups in total. The first-order valence-corrected chi connectivity index (χ1v) is 11.7. The molecule has 0 aliphatic carbocycles. The molecule has 0 bridgehead atoms. The number of amidine groups is 1. The third kappa shape index (κ3) is 4.99. The number of halogens is 3. The lowest BCUT2D eigenvalue weighted by Crippen LogP contribution is -2.53. The van der Waals surface area contributed by atoms with Crippen LogP contribution in [0.2, 0.25) is 0 Å². The van der Waals surface area contributed by atoms with Crippen molar-refractivity contribution in [2.24, 2.45) is 10.7 Å². The molecule has 0 saturated heterocycles. The van der Waals surface area contributed by atoms with Gasteiger partial charge in [0.15, 0.2) is 0 Å². The topological polar surface area (TPSA) is 50.9 Å². The van der Waals surface area contributed by atoms with Crippen LogP contribution in [0, 0.1) is 6.92 Å². The van der Waals surface area contributed by atoms with E-state index < -0.39 is 17.3 Å². The Morgan fingerprint density at radius 3 is 2.29 bits per heavy atom. The van der Waals surface area contributed by atoms with Gasteiger partial charge in [0.05, 0.1) is 11.1 Å². The lowest BCUT2D eigenvalue weighted by atomic mass is 9.85. The SMILES string of the molecule is CCC(C)(C1COC(N)=N1)N(c1ccc(C(F)(F)F)cc1C)c1ccccc1Cc1ccccc1. The molecule has 35 heavy (non-hydrogen) atoms. The van der Waals surface area contributed by atoms with Gasteiger partial charge in [-0.15, -0.1) is 0 Å². The number of aryl methyl sites for hydroxylation is 1. The van der Waals surface area contributed by atoms with Crippen LogP contribution in [0.3, 0.4) is 0 Å². The first-order chi connectivity index (χ1) is 16.6. The minimum absolute atomic E-state index is 0.135. The van der Waals surface area contributed by atoms with Gasteiger partial charge < -0.3 is 15.4 Å². The molecule has 184 valence electrons. The molecule has 4 nitrogen and oxygen atoms in total. The molecule has 0 saturated carbocycles. The molecule has 0 radical (unpaired) electrons. The first kappa shape index (κ1) is 24.6. The van der Waals surface area contributed by atoms with Gasteiger partial charge in [-0.2, -0.15) is 13.2 Å². The summed E-state index contributed by atoms with van der Waals surface area (Å²) >= 11 is 0. The maximum atomic E-state index is 13.5. The average molecular weight is 482 g/mol. The predicted molar refractivity (Wildman–Crippen MR) is 134 cm³/mol. The van der Waals surface area contributed by atoms with Crippen molar-refractivity contribution in [3.05, 3.63) is 95.1 Å². The van der Waals surface area contributed by atoms with E-state index in [0.29, 0.717) is 30.7 Å². The van der Waals surface area contributed by atoms with E-state index in [2.05, 4.69) is 41.9 Å². The number of para-hydroxylation sites is 1. The summed E-state index contributed by atoms with van der Waals surface area (Å²) in [6.07, 6.45) is -3.07. The Morgan fingerprint density at radius 1 is 1.00 bits per heavy atom. The monoisotopic (exact) mass is 481 g/mol. The van der Waals surface area contributed by atoms with Crippen LogP contribution < -0.4 is 10.6 Å². The Hall–Kier alpha value is -3.48. The van der Waals surface area contributed by atoms with Crippen molar-refractivity contribution in [2.45, 2.75) is 51.4 Å². The van der Waals surface area contributed by atoms with E-state index in [-0.39, 0.29) is 12.1 Å². The molecule has 1 heterocycles. The zero-order chi connectivity index (χ0) is 25.2. The van der Waals surface area contributed by atoms with E-state index in [1.807, 2.05) is 36.4 Å². The van der Waals surface area contributed by atoms with Crippen LogP contribution in [0.1, 0.15) is 42.5 Å². The number of benzene rings is 3. The third-order valence-electron chi connectivity index (χ3n) is 6.85. The van der Waals surface area contributed by atoms with Crippen LogP contribution >= 0.6 is 0 Å². The Balaban J connectivity index is 1.90. The number of ether oxygens (including phenoxy) is 1. The van der Waals surface area contributed by atoms with Gasteiger partial charge in [-0.1, -0.05) is 55.5 Å². The van der Waals surface area contributed by atoms with Gasteiger partial charge in [-0.25, -0.2) is 4.99 Å². The lowest BCUT2D eigenvalue weighted by Gasteiger charge is -2.46.